The normalized spacial score (nSPS) is 20.9. The Balaban J connectivity index is 1.23. The van der Waals surface area contributed by atoms with Crippen LogP contribution in [0.1, 0.15) is 61.7 Å². The molecule has 1 amide bonds. The van der Waals surface area contributed by atoms with Crippen molar-refractivity contribution in [1.29, 1.82) is 0 Å². The highest BCUT2D eigenvalue weighted by molar-refractivity contribution is 7.89. The molecule has 2 aliphatic rings. The summed E-state index contributed by atoms with van der Waals surface area (Å²) < 4.78 is 42.5. The van der Waals surface area contributed by atoms with Crippen molar-refractivity contribution in [2.45, 2.75) is 62.9 Å². The lowest BCUT2D eigenvalue weighted by Gasteiger charge is -2.40. The third-order valence-electron chi connectivity index (χ3n) is 8.09. The van der Waals surface area contributed by atoms with Crippen molar-refractivity contribution >= 4 is 27.3 Å². The van der Waals surface area contributed by atoms with Gasteiger partial charge in [-0.2, -0.15) is 4.31 Å². The lowest BCUT2D eigenvalue weighted by molar-refractivity contribution is -0.133. The van der Waals surface area contributed by atoms with Crippen molar-refractivity contribution in [2.75, 3.05) is 32.7 Å². The molecule has 3 aromatic rings. The van der Waals surface area contributed by atoms with Gasteiger partial charge in [-0.05, 0) is 71.2 Å². The summed E-state index contributed by atoms with van der Waals surface area (Å²) in [7, 11) is -3.66. The van der Waals surface area contributed by atoms with E-state index in [1.54, 1.807) is 40.5 Å². The number of piperazine rings is 1. The number of halogens is 1. The summed E-state index contributed by atoms with van der Waals surface area (Å²) in [6, 6.07) is 15.6. The fourth-order valence-electron chi connectivity index (χ4n) is 5.86. The maximum atomic E-state index is 14.1. The van der Waals surface area contributed by atoms with Gasteiger partial charge in [0.05, 0.1) is 10.9 Å². The lowest BCUT2D eigenvalue weighted by atomic mass is 9.87. The molecule has 214 valence electrons. The second-order valence-electron chi connectivity index (χ2n) is 11.9. The van der Waals surface area contributed by atoms with Gasteiger partial charge >= 0.3 is 0 Å². The summed E-state index contributed by atoms with van der Waals surface area (Å²) in [5.74, 6) is -0.240. The van der Waals surface area contributed by atoms with Crippen molar-refractivity contribution in [3.63, 3.8) is 0 Å². The highest BCUT2D eigenvalue weighted by Crippen LogP contribution is 2.38. The van der Waals surface area contributed by atoms with E-state index >= 15 is 0 Å². The molecular weight excluding hydrogens is 545 g/mol. The van der Waals surface area contributed by atoms with Crippen LogP contribution in [0.3, 0.4) is 0 Å². The number of sulfonamides is 1. The van der Waals surface area contributed by atoms with Crippen molar-refractivity contribution in [1.82, 2.24) is 14.1 Å². The molecule has 0 N–H and O–H groups in total. The number of benzene rings is 2. The number of amides is 1. The highest BCUT2D eigenvalue weighted by Gasteiger charge is 2.36. The maximum absolute atomic E-state index is 14.1. The Bertz CT molecular complexity index is 1460. The Morgan fingerprint density at radius 3 is 2.48 bits per heavy atom. The largest absolute Gasteiger partial charge is 0.340 e. The minimum atomic E-state index is -3.66. The standard InChI is InChI=1S/C31H38FN3O3S2/c1-22-21-34(17-18-35(22)40(37,38)26-10-8-24(9-11-26)31(2,3)4)29(36)13-16-33-15-12-28-27(14-19-39-28)30(33)23-6-5-7-25(32)20-23/h5-11,14,19-20,22,30H,12-13,15-18,21H2,1-4H3/t22-,30-/m1/s1. The van der Waals surface area contributed by atoms with Gasteiger partial charge in [0.25, 0.3) is 0 Å². The second kappa shape index (κ2) is 11.4. The van der Waals surface area contributed by atoms with Crippen LogP contribution in [0.25, 0.3) is 0 Å². The highest BCUT2D eigenvalue weighted by atomic mass is 32.2. The molecule has 0 bridgehead atoms. The van der Waals surface area contributed by atoms with Gasteiger partial charge in [-0.1, -0.05) is 45.0 Å². The van der Waals surface area contributed by atoms with E-state index in [1.807, 2.05) is 25.1 Å². The molecule has 0 spiro atoms. The van der Waals surface area contributed by atoms with Gasteiger partial charge < -0.3 is 4.90 Å². The second-order valence-corrected chi connectivity index (χ2v) is 14.8. The van der Waals surface area contributed by atoms with E-state index < -0.39 is 10.0 Å². The molecule has 2 atom stereocenters. The third-order valence-corrected chi connectivity index (χ3v) is 11.1. The van der Waals surface area contributed by atoms with E-state index in [4.69, 9.17) is 0 Å². The maximum Gasteiger partial charge on any atom is 0.243 e. The topological polar surface area (TPSA) is 60.9 Å². The summed E-state index contributed by atoms with van der Waals surface area (Å²) in [4.78, 5) is 19.0. The van der Waals surface area contributed by atoms with Crippen LogP contribution in [0.5, 0.6) is 0 Å². The SMILES string of the molecule is C[C@@H]1CN(C(=O)CCN2CCc3sccc3[C@H]2c2cccc(F)c2)CCN1S(=O)(=O)c1ccc(C(C)(C)C)cc1. The minimum absolute atomic E-state index is 0.0209. The van der Waals surface area contributed by atoms with Crippen LogP contribution in [-0.2, 0) is 26.7 Å². The Hall–Kier alpha value is -2.59. The Morgan fingerprint density at radius 2 is 1.80 bits per heavy atom. The molecule has 6 nitrogen and oxygen atoms in total. The molecule has 2 aliphatic heterocycles. The summed E-state index contributed by atoms with van der Waals surface area (Å²) in [5, 5.41) is 2.08. The zero-order valence-corrected chi connectivity index (χ0v) is 25.3. The third kappa shape index (κ3) is 5.88. The first-order valence-electron chi connectivity index (χ1n) is 13.9. The zero-order chi connectivity index (χ0) is 28.7. The van der Waals surface area contributed by atoms with Crippen LogP contribution in [0, 0.1) is 5.82 Å². The van der Waals surface area contributed by atoms with Gasteiger partial charge in [0.15, 0.2) is 0 Å². The van der Waals surface area contributed by atoms with Crippen LogP contribution >= 0.6 is 11.3 Å². The van der Waals surface area contributed by atoms with Crippen LogP contribution in [0.15, 0.2) is 64.9 Å². The number of carbonyl (C=O) groups is 1. The quantitative estimate of drug-likeness (QED) is 0.388. The van der Waals surface area contributed by atoms with Gasteiger partial charge in [-0.15, -0.1) is 11.3 Å². The predicted molar refractivity (Wildman–Crippen MR) is 158 cm³/mol. The fraction of sp³-hybridized carbons (Fsp3) is 0.452. The van der Waals surface area contributed by atoms with Gasteiger partial charge in [0.2, 0.25) is 15.9 Å². The van der Waals surface area contributed by atoms with Crippen molar-refractivity contribution in [2.24, 2.45) is 0 Å². The number of hydrogen-bond donors (Lipinski definition) is 0. The van der Waals surface area contributed by atoms with Gasteiger partial charge in [-0.3, -0.25) is 9.69 Å². The molecule has 2 aromatic carbocycles. The molecule has 3 heterocycles. The molecule has 0 aliphatic carbocycles. The number of carbonyl (C=O) groups excluding carboxylic acids is 1. The van der Waals surface area contributed by atoms with Crippen LogP contribution in [-0.4, -0.2) is 67.2 Å². The summed E-state index contributed by atoms with van der Waals surface area (Å²) in [5.41, 5.74) is 3.12. The Morgan fingerprint density at radius 1 is 1.05 bits per heavy atom. The number of hydrogen-bond acceptors (Lipinski definition) is 5. The molecule has 5 rings (SSSR count). The van der Waals surface area contributed by atoms with Gasteiger partial charge in [0, 0.05) is 50.1 Å². The first-order chi connectivity index (χ1) is 18.9. The molecule has 0 unspecified atom stereocenters. The van der Waals surface area contributed by atoms with E-state index in [0.29, 0.717) is 26.1 Å². The number of fused-ring (bicyclic) bond motifs is 1. The summed E-state index contributed by atoms with van der Waals surface area (Å²) in [6.07, 6.45) is 1.25. The van der Waals surface area contributed by atoms with Crippen molar-refractivity contribution in [3.8, 4) is 0 Å². The van der Waals surface area contributed by atoms with Gasteiger partial charge in [0.1, 0.15) is 5.82 Å². The fourth-order valence-corrected chi connectivity index (χ4v) is 8.38. The van der Waals surface area contributed by atoms with Gasteiger partial charge in [-0.25, -0.2) is 12.8 Å². The molecule has 1 fully saturated rings. The lowest BCUT2D eigenvalue weighted by Crippen LogP contribution is -2.55. The first kappa shape index (κ1) is 28.9. The van der Waals surface area contributed by atoms with Crippen LogP contribution in [0.2, 0.25) is 0 Å². The number of thiophene rings is 1. The summed E-state index contributed by atoms with van der Waals surface area (Å²) in [6.45, 7) is 10.5. The molecule has 9 heteroatoms. The van der Waals surface area contributed by atoms with Crippen LogP contribution < -0.4 is 0 Å². The number of nitrogens with zero attached hydrogens (tertiary/aromatic N) is 3. The molecule has 40 heavy (non-hydrogen) atoms. The molecule has 0 saturated carbocycles. The average molecular weight is 584 g/mol. The van der Waals surface area contributed by atoms with Crippen molar-refractivity contribution in [3.05, 3.63) is 87.4 Å². The Kier molecular flexibility index (Phi) is 8.21. The summed E-state index contributed by atoms with van der Waals surface area (Å²) >= 11 is 1.73. The minimum Gasteiger partial charge on any atom is -0.340 e. The molecular formula is C31H38FN3O3S2. The van der Waals surface area contributed by atoms with E-state index in [0.717, 1.165) is 24.1 Å². The monoisotopic (exact) mass is 583 g/mol. The van der Waals surface area contributed by atoms with E-state index in [9.17, 15) is 17.6 Å². The first-order valence-corrected chi connectivity index (χ1v) is 16.2. The van der Waals surface area contributed by atoms with Crippen LogP contribution in [0.4, 0.5) is 4.39 Å². The Labute approximate surface area is 241 Å². The molecule has 1 aromatic heterocycles. The zero-order valence-electron chi connectivity index (χ0n) is 23.6. The van der Waals surface area contributed by atoms with E-state index in [1.165, 1.54) is 20.8 Å². The van der Waals surface area contributed by atoms with Crippen molar-refractivity contribution < 1.29 is 17.6 Å². The molecule has 0 radical (unpaired) electrons. The van der Waals surface area contributed by atoms with E-state index in [-0.39, 0.29) is 40.7 Å². The predicted octanol–water partition coefficient (Wildman–Crippen LogP) is 5.44. The smallest absolute Gasteiger partial charge is 0.243 e. The molecule has 1 saturated heterocycles. The van der Waals surface area contributed by atoms with E-state index in [2.05, 4.69) is 37.1 Å². The number of rotatable bonds is 6. The average Bonchev–Trinajstić information content (AvgIpc) is 3.39.